The number of fused-ring (bicyclic) bond motifs is 1. The largest absolute Gasteiger partial charge is 0.492 e. The van der Waals surface area contributed by atoms with Crippen LogP contribution in [-0.4, -0.2) is 32.8 Å². The number of nitrogens with one attached hydrogen (secondary N) is 1. The van der Waals surface area contributed by atoms with Gasteiger partial charge in [0.2, 0.25) is 10.8 Å². The minimum Gasteiger partial charge on any atom is -0.492 e. The first-order valence-corrected chi connectivity index (χ1v) is 10.2. The Kier molecular flexibility index (Phi) is 4.86. The van der Waals surface area contributed by atoms with Gasteiger partial charge in [-0.1, -0.05) is 25.2 Å². The molecule has 1 aliphatic heterocycles. The molecule has 0 radical (unpaired) electrons. The van der Waals surface area contributed by atoms with Crippen LogP contribution in [0.2, 0.25) is 0 Å². The van der Waals surface area contributed by atoms with Gasteiger partial charge in [0.05, 0.1) is 13.1 Å². The predicted molar refractivity (Wildman–Crippen MR) is 99.2 cm³/mol. The summed E-state index contributed by atoms with van der Waals surface area (Å²) in [7, 11) is 0. The summed E-state index contributed by atoms with van der Waals surface area (Å²) in [6.45, 7) is 6.00. The first kappa shape index (κ1) is 18.3. The molecule has 27 heavy (non-hydrogen) atoms. The second-order valence-corrected chi connectivity index (χ2v) is 8.34. The highest BCUT2D eigenvalue weighted by molar-refractivity contribution is 7.17. The molecule has 1 fully saturated rings. The molecule has 1 aliphatic rings. The van der Waals surface area contributed by atoms with E-state index >= 15 is 0 Å². The van der Waals surface area contributed by atoms with Gasteiger partial charge >= 0.3 is 0 Å². The van der Waals surface area contributed by atoms with Gasteiger partial charge in [0.1, 0.15) is 4.88 Å². The van der Waals surface area contributed by atoms with Gasteiger partial charge in [0, 0.05) is 17.9 Å². The average molecular weight is 393 g/mol. The van der Waals surface area contributed by atoms with Crippen LogP contribution in [0.4, 0.5) is 8.78 Å². The first-order chi connectivity index (χ1) is 13.0. The van der Waals surface area contributed by atoms with Crippen molar-refractivity contribution in [3.63, 3.8) is 0 Å². The molecule has 3 heterocycles. The SMILES string of the molecule is CCc1nc2sc([C@H](c3ccc(F)c(F)c3)[NH+]3CCC[C@H](C)C3)c(O)n2n1. The quantitative estimate of drug-likeness (QED) is 0.717. The number of rotatable bonds is 4. The molecule has 1 unspecified atom stereocenters. The van der Waals surface area contributed by atoms with Gasteiger partial charge < -0.3 is 10.0 Å². The zero-order chi connectivity index (χ0) is 19.1. The third-order valence-electron chi connectivity index (χ3n) is 5.31. The number of aromatic hydroxyl groups is 1. The number of thiazole rings is 1. The number of halogens is 2. The van der Waals surface area contributed by atoms with Crippen molar-refractivity contribution in [2.75, 3.05) is 13.1 Å². The van der Waals surface area contributed by atoms with E-state index in [0.717, 1.165) is 32.0 Å². The lowest BCUT2D eigenvalue weighted by atomic mass is 9.95. The topological polar surface area (TPSA) is 54.9 Å². The van der Waals surface area contributed by atoms with E-state index in [-0.39, 0.29) is 11.9 Å². The summed E-state index contributed by atoms with van der Waals surface area (Å²) in [5, 5.41) is 15.2. The predicted octanol–water partition coefficient (Wildman–Crippen LogP) is 2.74. The van der Waals surface area contributed by atoms with Gasteiger partial charge in [0.25, 0.3) is 0 Å². The first-order valence-electron chi connectivity index (χ1n) is 9.34. The normalized spacial score (nSPS) is 21.6. The molecule has 0 spiro atoms. The molecular weight excluding hydrogens is 370 g/mol. The maximum atomic E-state index is 14.0. The summed E-state index contributed by atoms with van der Waals surface area (Å²) in [5.41, 5.74) is 0.661. The molecule has 0 aliphatic carbocycles. The second kappa shape index (κ2) is 7.16. The van der Waals surface area contributed by atoms with E-state index in [1.807, 2.05) is 6.92 Å². The number of nitrogens with zero attached hydrogens (tertiary/aromatic N) is 3. The number of aromatic nitrogens is 3. The molecule has 1 saturated heterocycles. The zero-order valence-electron chi connectivity index (χ0n) is 15.4. The molecular formula is C19H23F2N4OS+. The van der Waals surface area contributed by atoms with Crippen molar-refractivity contribution in [3.8, 4) is 5.88 Å². The number of hydrogen-bond donors (Lipinski definition) is 2. The van der Waals surface area contributed by atoms with E-state index < -0.39 is 11.6 Å². The summed E-state index contributed by atoms with van der Waals surface area (Å²) in [4.78, 5) is 7.01. The lowest BCUT2D eigenvalue weighted by molar-refractivity contribution is -0.933. The van der Waals surface area contributed by atoms with E-state index in [0.29, 0.717) is 33.6 Å². The van der Waals surface area contributed by atoms with Crippen molar-refractivity contribution in [2.24, 2.45) is 5.92 Å². The van der Waals surface area contributed by atoms with Gasteiger partial charge in [0.15, 0.2) is 23.5 Å². The summed E-state index contributed by atoms with van der Waals surface area (Å²) in [6, 6.07) is 3.75. The molecule has 5 nitrogen and oxygen atoms in total. The van der Waals surface area contributed by atoms with E-state index in [1.54, 1.807) is 6.07 Å². The second-order valence-electron chi connectivity index (χ2n) is 7.33. The van der Waals surface area contributed by atoms with Gasteiger partial charge in [-0.05, 0) is 31.0 Å². The van der Waals surface area contributed by atoms with Gasteiger partial charge in [-0.2, -0.15) is 4.52 Å². The Labute approximate surface area is 160 Å². The van der Waals surface area contributed by atoms with Crippen molar-refractivity contribution in [1.29, 1.82) is 0 Å². The average Bonchev–Trinajstić information content (AvgIpc) is 3.18. The summed E-state index contributed by atoms with van der Waals surface area (Å²) in [5.74, 6) is -0.472. The van der Waals surface area contributed by atoms with Gasteiger partial charge in [-0.3, -0.25) is 0 Å². The van der Waals surface area contributed by atoms with Gasteiger partial charge in [-0.25, -0.2) is 13.8 Å². The standard InChI is InChI=1S/C19H22F2N4OS/c1-3-15-22-19-25(23-15)18(26)17(27-19)16(24-8-4-5-11(2)10-24)12-6-7-13(20)14(21)9-12/h6-7,9,11,16,26H,3-5,8,10H2,1-2H3/p+1/t11-,16-/m0/s1. The van der Waals surface area contributed by atoms with Crippen LogP contribution in [0.25, 0.3) is 4.96 Å². The van der Waals surface area contributed by atoms with Gasteiger partial charge in [-0.15, -0.1) is 5.10 Å². The molecule has 8 heteroatoms. The molecule has 0 bridgehead atoms. The fourth-order valence-corrected chi connectivity index (χ4v) is 5.14. The lowest BCUT2D eigenvalue weighted by Crippen LogP contribution is -3.13. The van der Waals surface area contributed by atoms with Crippen LogP contribution in [0.5, 0.6) is 5.88 Å². The Morgan fingerprint density at radius 1 is 1.37 bits per heavy atom. The van der Waals surface area contributed by atoms with E-state index in [1.165, 1.54) is 26.8 Å². The highest BCUT2D eigenvalue weighted by Gasteiger charge is 2.35. The fraction of sp³-hybridized carbons (Fsp3) is 0.474. The Balaban J connectivity index is 1.83. The van der Waals surface area contributed by atoms with Crippen LogP contribution in [-0.2, 0) is 6.42 Å². The van der Waals surface area contributed by atoms with Crippen molar-refractivity contribution < 1.29 is 18.8 Å². The fourth-order valence-electron chi connectivity index (χ4n) is 3.98. The third-order valence-corrected chi connectivity index (χ3v) is 6.40. The maximum absolute atomic E-state index is 14.0. The van der Waals surface area contributed by atoms with Crippen molar-refractivity contribution in [1.82, 2.24) is 14.6 Å². The molecule has 3 atom stereocenters. The highest BCUT2D eigenvalue weighted by atomic mass is 32.1. The van der Waals surface area contributed by atoms with Crippen molar-refractivity contribution in [3.05, 3.63) is 46.1 Å². The molecule has 144 valence electrons. The number of piperidine rings is 1. The molecule has 0 amide bonds. The zero-order valence-corrected chi connectivity index (χ0v) is 16.2. The number of hydrogen-bond acceptors (Lipinski definition) is 4. The summed E-state index contributed by atoms with van der Waals surface area (Å²) in [6.07, 6.45) is 2.91. The van der Waals surface area contributed by atoms with E-state index in [2.05, 4.69) is 17.0 Å². The molecule has 0 saturated carbocycles. The van der Waals surface area contributed by atoms with E-state index in [4.69, 9.17) is 0 Å². The van der Waals surface area contributed by atoms with Crippen LogP contribution in [0.3, 0.4) is 0 Å². The molecule has 1 aromatic carbocycles. The number of quaternary nitrogens is 1. The molecule has 3 aromatic rings. The Morgan fingerprint density at radius 3 is 2.85 bits per heavy atom. The maximum Gasteiger partial charge on any atom is 0.235 e. The minimum atomic E-state index is -0.867. The third kappa shape index (κ3) is 3.32. The Hall–Kier alpha value is -2.06. The number of likely N-dealkylation sites (tertiary alicyclic amines) is 1. The molecule has 2 N–H and O–H groups in total. The molecule has 2 aromatic heterocycles. The summed E-state index contributed by atoms with van der Waals surface area (Å²) >= 11 is 1.37. The van der Waals surface area contributed by atoms with Crippen LogP contribution < -0.4 is 4.90 Å². The summed E-state index contributed by atoms with van der Waals surface area (Å²) < 4.78 is 28.9. The van der Waals surface area contributed by atoms with Crippen LogP contribution in [0, 0.1) is 17.6 Å². The number of aryl methyl sites for hydroxylation is 1. The van der Waals surface area contributed by atoms with Crippen LogP contribution in [0.1, 0.15) is 49.0 Å². The number of benzene rings is 1. The van der Waals surface area contributed by atoms with E-state index in [9.17, 15) is 13.9 Å². The Morgan fingerprint density at radius 2 is 2.19 bits per heavy atom. The Bertz CT molecular complexity index is 970. The van der Waals surface area contributed by atoms with Crippen LogP contribution in [0.15, 0.2) is 18.2 Å². The monoisotopic (exact) mass is 393 g/mol. The van der Waals surface area contributed by atoms with Crippen molar-refractivity contribution >= 4 is 16.3 Å². The van der Waals surface area contributed by atoms with Crippen LogP contribution >= 0.6 is 11.3 Å². The smallest absolute Gasteiger partial charge is 0.235 e. The van der Waals surface area contributed by atoms with Crippen molar-refractivity contribution in [2.45, 2.75) is 39.2 Å². The lowest BCUT2D eigenvalue weighted by Gasteiger charge is -2.34. The minimum absolute atomic E-state index is 0.0441. The molecule has 4 rings (SSSR count). The highest BCUT2D eigenvalue weighted by Crippen LogP contribution is 2.35.